The third kappa shape index (κ3) is 3.03. The molecular weight excluding hydrogens is 344 g/mol. The highest BCUT2D eigenvalue weighted by atomic mass is 32.1. The Bertz CT molecular complexity index is 1090. The lowest BCUT2D eigenvalue weighted by Crippen LogP contribution is -2.08. The maximum absolute atomic E-state index is 9.46. The van der Waals surface area contributed by atoms with Crippen LogP contribution in [0.15, 0.2) is 48.2 Å². The standard InChI is InChI=1S/C19H16N6S/c1-13-4-2-8-25-16(12-22-18(13)25)17-14(10-20)11-23-19(24-17)21-7-6-15-5-3-9-26-15/h2-5,8-9,11-12H,6-7H2,1H3,(H,21,23,24). The molecule has 0 unspecified atom stereocenters. The molecule has 0 spiro atoms. The van der Waals surface area contributed by atoms with Crippen LogP contribution in [0.1, 0.15) is 16.0 Å². The molecule has 0 fully saturated rings. The SMILES string of the molecule is Cc1cccn2c(-c3nc(NCCc4cccs4)ncc3C#N)cnc12. The lowest BCUT2D eigenvalue weighted by Gasteiger charge is -2.08. The third-order valence-electron chi connectivity index (χ3n) is 4.12. The van der Waals surface area contributed by atoms with Gasteiger partial charge in [0.1, 0.15) is 17.4 Å². The second-order valence-electron chi connectivity index (χ2n) is 5.85. The first kappa shape index (κ1) is 16.2. The number of aryl methyl sites for hydroxylation is 1. The van der Waals surface area contributed by atoms with Crippen molar-refractivity contribution in [3.8, 4) is 17.5 Å². The Morgan fingerprint density at radius 3 is 2.96 bits per heavy atom. The lowest BCUT2D eigenvalue weighted by molar-refractivity contribution is 0.997. The summed E-state index contributed by atoms with van der Waals surface area (Å²) in [6.45, 7) is 2.74. The van der Waals surface area contributed by atoms with Crippen LogP contribution < -0.4 is 5.32 Å². The number of hydrogen-bond donors (Lipinski definition) is 1. The van der Waals surface area contributed by atoms with Gasteiger partial charge in [-0.1, -0.05) is 12.1 Å². The molecule has 4 heterocycles. The smallest absolute Gasteiger partial charge is 0.223 e. The Morgan fingerprint density at radius 1 is 1.23 bits per heavy atom. The van der Waals surface area contributed by atoms with E-state index < -0.39 is 0 Å². The number of aromatic nitrogens is 4. The van der Waals surface area contributed by atoms with Gasteiger partial charge in [-0.05, 0) is 36.4 Å². The molecule has 0 saturated carbocycles. The highest BCUT2D eigenvalue weighted by Crippen LogP contribution is 2.24. The quantitative estimate of drug-likeness (QED) is 0.587. The van der Waals surface area contributed by atoms with E-state index >= 15 is 0 Å². The predicted octanol–water partition coefficient (Wildman–Crippen LogP) is 3.69. The summed E-state index contributed by atoms with van der Waals surface area (Å²) in [4.78, 5) is 14.6. The van der Waals surface area contributed by atoms with Crippen molar-refractivity contribution < 1.29 is 0 Å². The molecule has 0 aromatic carbocycles. The molecule has 26 heavy (non-hydrogen) atoms. The van der Waals surface area contributed by atoms with Crippen molar-refractivity contribution in [2.24, 2.45) is 0 Å². The van der Waals surface area contributed by atoms with E-state index in [-0.39, 0.29) is 0 Å². The van der Waals surface area contributed by atoms with Crippen LogP contribution in [0.5, 0.6) is 0 Å². The average molecular weight is 360 g/mol. The van der Waals surface area contributed by atoms with E-state index in [1.165, 1.54) is 4.88 Å². The zero-order valence-corrected chi connectivity index (χ0v) is 15.0. The van der Waals surface area contributed by atoms with Gasteiger partial charge >= 0.3 is 0 Å². The molecule has 7 heteroatoms. The van der Waals surface area contributed by atoms with E-state index in [0.717, 1.165) is 29.9 Å². The fourth-order valence-corrected chi connectivity index (χ4v) is 3.53. The second kappa shape index (κ2) is 6.94. The van der Waals surface area contributed by atoms with E-state index in [1.54, 1.807) is 23.7 Å². The summed E-state index contributed by atoms with van der Waals surface area (Å²) in [7, 11) is 0. The minimum Gasteiger partial charge on any atom is -0.354 e. The molecule has 4 aromatic rings. The van der Waals surface area contributed by atoms with E-state index in [2.05, 4.69) is 37.8 Å². The summed E-state index contributed by atoms with van der Waals surface area (Å²) < 4.78 is 1.95. The molecule has 0 atom stereocenters. The second-order valence-corrected chi connectivity index (χ2v) is 6.88. The maximum atomic E-state index is 9.46. The first-order chi connectivity index (χ1) is 12.8. The van der Waals surface area contributed by atoms with Gasteiger partial charge in [0.15, 0.2) is 0 Å². The molecule has 1 N–H and O–H groups in total. The fraction of sp³-hybridized carbons (Fsp3) is 0.158. The summed E-state index contributed by atoms with van der Waals surface area (Å²) in [6.07, 6.45) is 6.15. The van der Waals surface area contributed by atoms with Gasteiger partial charge in [0.25, 0.3) is 0 Å². The van der Waals surface area contributed by atoms with Crippen molar-refractivity contribution in [2.45, 2.75) is 13.3 Å². The van der Waals surface area contributed by atoms with E-state index in [1.807, 2.05) is 35.7 Å². The monoisotopic (exact) mass is 360 g/mol. The minimum absolute atomic E-state index is 0.428. The lowest BCUT2D eigenvalue weighted by atomic mass is 10.2. The molecule has 0 aliphatic heterocycles. The van der Waals surface area contributed by atoms with Gasteiger partial charge in [0, 0.05) is 17.6 Å². The Labute approximate surface area is 154 Å². The summed E-state index contributed by atoms with van der Waals surface area (Å²) in [5, 5.41) is 14.8. The normalized spacial score (nSPS) is 10.8. The van der Waals surface area contributed by atoms with Gasteiger partial charge in [-0.15, -0.1) is 11.3 Å². The van der Waals surface area contributed by atoms with Crippen LogP contribution in [-0.4, -0.2) is 25.9 Å². The van der Waals surface area contributed by atoms with Crippen molar-refractivity contribution in [3.05, 3.63) is 64.2 Å². The molecule has 6 nitrogen and oxygen atoms in total. The number of pyridine rings is 1. The number of hydrogen-bond acceptors (Lipinski definition) is 6. The largest absolute Gasteiger partial charge is 0.354 e. The minimum atomic E-state index is 0.428. The van der Waals surface area contributed by atoms with Gasteiger partial charge < -0.3 is 5.32 Å². The number of rotatable bonds is 5. The number of fused-ring (bicyclic) bond motifs is 1. The highest BCUT2D eigenvalue weighted by molar-refractivity contribution is 7.09. The first-order valence-corrected chi connectivity index (χ1v) is 9.10. The summed E-state index contributed by atoms with van der Waals surface area (Å²) in [5.41, 5.74) is 3.72. The Morgan fingerprint density at radius 2 is 2.15 bits per heavy atom. The first-order valence-electron chi connectivity index (χ1n) is 8.22. The number of nitrogens with one attached hydrogen (secondary N) is 1. The average Bonchev–Trinajstić information content (AvgIpc) is 3.32. The van der Waals surface area contributed by atoms with Gasteiger partial charge in [-0.3, -0.25) is 4.40 Å². The number of anilines is 1. The number of thiophene rings is 1. The van der Waals surface area contributed by atoms with Gasteiger partial charge in [0.2, 0.25) is 5.95 Å². The van der Waals surface area contributed by atoms with Crippen molar-refractivity contribution in [1.82, 2.24) is 19.4 Å². The fourth-order valence-electron chi connectivity index (χ4n) is 2.82. The molecule has 0 radical (unpaired) electrons. The van der Waals surface area contributed by atoms with E-state index in [4.69, 9.17) is 0 Å². The van der Waals surface area contributed by atoms with Crippen molar-refractivity contribution in [1.29, 1.82) is 5.26 Å². The highest BCUT2D eigenvalue weighted by Gasteiger charge is 2.14. The summed E-state index contributed by atoms with van der Waals surface area (Å²) in [5.74, 6) is 0.512. The number of nitriles is 1. The zero-order valence-electron chi connectivity index (χ0n) is 14.2. The van der Waals surface area contributed by atoms with Crippen LogP contribution in [0.2, 0.25) is 0 Å². The molecule has 0 aliphatic carbocycles. The van der Waals surface area contributed by atoms with Crippen molar-refractivity contribution >= 4 is 22.9 Å². The van der Waals surface area contributed by atoms with Crippen molar-refractivity contribution in [3.63, 3.8) is 0 Å². The molecule has 0 bridgehead atoms. The van der Waals surface area contributed by atoms with Crippen LogP contribution in [0.3, 0.4) is 0 Å². The molecule has 0 amide bonds. The molecular formula is C19H16N6S. The van der Waals surface area contributed by atoms with Gasteiger partial charge in [-0.25, -0.2) is 15.0 Å². The summed E-state index contributed by atoms with van der Waals surface area (Å²) in [6, 6.07) is 10.3. The predicted molar refractivity (Wildman–Crippen MR) is 102 cm³/mol. The Hall–Kier alpha value is -3.24. The van der Waals surface area contributed by atoms with E-state index in [0.29, 0.717) is 17.2 Å². The molecule has 0 saturated heterocycles. The Kier molecular flexibility index (Phi) is 4.33. The van der Waals surface area contributed by atoms with Crippen molar-refractivity contribution in [2.75, 3.05) is 11.9 Å². The maximum Gasteiger partial charge on any atom is 0.223 e. The number of imidazole rings is 1. The van der Waals surface area contributed by atoms with Crippen LogP contribution in [0.25, 0.3) is 17.0 Å². The molecule has 4 rings (SSSR count). The Balaban J connectivity index is 1.66. The molecule has 4 aromatic heterocycles. The van der Waals surface area contributed by atoms with Gasteiger partial charge in [-0.2, -0.15) is 5.26 Å². The van der Waals surface area contributed by atoms with Crippen LogP contribution in [-0.2, 0) is 6.42 Å². The van der Waals surface area contributed by atoms with Crippen LogP contribution in [0.4, 0.5) is 5.95 Å². The van der Waals surface area contributed by atoms with Crippen LogP contribution >= 0.6 is 11.3 Å². The topological polar surface area (TPSA) is 78.9 Å². The number of nitrogens with zero attached hydrogens (tertiary/aromatic N) is 5. The van der Waals surface area contributed by atoms with E-state index in [9.17, 15) is 5.26 Å². The molecule has 0 aliphatic rings. The molecule has 128 valence electrons. The van der Waals surface area contributed by atoms with Gasteiger partial charge in [0.05, 0.1) is 23.7 Å². The third-order valence-corrected chi connectivity index (χ3v) is 5.05. The van der Waals surface area contributed by atoms with Crippen LogP contribution in [0, 0.1) is 18.3 Å². The summed E-state index contributed by atoms with van der Waals surface area (Å²) >= 11 is 1.73. The zero-order chi connectivity index (χ0) is 17.9.